The predicted molar refractivity (Wildman–Crippen MR) is 74.9 cm³/mol. The van der Waals surface area contributed by atoms with Crippen molar-refractivity contribution in [1.29, 1.82) is 5.26 Å². The Kier molecular flexibility index (Phi) is 4.73. The zero-order chi connectivity index (χ0) is 15.5. The first-order valence-corrected chi connectivity index (χ1v) is 7.01. The summed E-state index contributed by atoms with van der Waals surface area (Å²) in [6.45, 7) is 2.85. The standard InChI is InChI=1S/C15H18F3N3/c1-10(7-12-3-2-6-20-12)21-14-5-4-11(9-19)8-13(14)15(16,17)18/h4-5,8,10,12,20-21H,2-3,6-7H2,1H3. The second kappa shape index (κ2) is 6.35. The largest absolute Gasteiger partial charge is 0.418 e. The summed E-state index contributed by atoms with van der Waals surface area (Å²) in [6, 6.07) is 5.65. The van der Waals surface area contributed by atoms with Gasteiger partial charge in [0.2, 0.25) is 0 Å². The number of hydrogen-bond donors (Lipinski definition) is 2. The van der Waals surface area contributed by atoms with Crippen LogP contribution in [0.15, 0.2) is 18.2 Å². The van der Waals surface area contributed by atoms with Gasteiger partial charge in [0.1, 0.15) is 0 Å². The van der Waals surface area contributed by atoms with Gasteiger partial charge in [-0.2, -0.15) is 18.4 Å². The van der Waals surface area contributed by atoms with Crippen molar-refractivity contribution in [3.05, 3.63) is 29.3 Å². The number of nitriles is 1. The van der Waals surface area contributed by atoms with Gasteiger partial charge >= 0.3 is 6.18 Å². The van der Waals surface area contributed by atoms with Crippen LogP contribution in [0.5, 0.6) is 0 Å². The molecule has 2 atom stereocenters. The van der Waals surface area contributed by atoms with Gasteiger partial charge in [-0.25, -0.2) is 0 Å². The van der Waals surface area contributed by atoms with Crippen LogP contribution >= 0.6 is 0 Å². The first-order chi connectivity index (χ1) is 9.90. The number of alkyl halides is 3. The lowest BCUT2D eigenvalue weighted by molar-refractivity contribution is -0.137. The summed E-state index contributed by atoms with van der Waals surface area (Å²) in [5.74, 6) is 0. The van der Waals surface area contributed by atoms with E-state index in [2.05, 4.69) is 10.6 Å². The summed E-state index contributed by atoms with van der Waals surface area (Å²) in [4.78, 5) is 0. The molecular weight excluding hydrogens is 279 g/mol. The Hall–Kier alpha value is -1.74. The Balaban J connectivity index is 2.13. The molecular formula is C15H18F3N3. The van der Waals surface area contributed by atoms with Crippen molar-refractivity contribution in [2.45, 2.75) is 44.4 Å². The lowest BCUT2D eigenvalue weighted by atomic mass is 10.0. The van der Waals surface area contributed by atoms with E-state index in [0.717, 1.165) is 31.9 Å². The van der Waals surface area contributed by atoms with Crippen molar-refractivity contribution in [3.8, 4) is 6.07 Å². The van der Waals surface area contributed by atoms with Crippen LogP contribution < -0.4 is 10.6 Å². The van der Waals surface area contributed by atoms with Crippen LogP contribution in [-0.2, 0) is 6.18 Å². The summed E-state index contributed by atoms with van der Waals surface area (Å²) in [5.41, 5.74) is -0.738. The van der Waals surface area contributed by atoms with Crippen LogP contribution in [0.2, 0.25) is 0 Å². The SMILES string of the molecule is CC(CC1CCCN1)Nc1ccc(C#N)cc1C(F)(F)F. The van der Waals surface area contributed by atoms with Crippen molar-refractivity contribution < 1.29 is 13.2 Å². The molecule has 2 unspecified atom stereocenters. The first kappa shape index (κ1) is 15.6. The number of nitrogens with zero attached hydrogens (tertiary/aromatic N) is 1. The van der Waals surface area contributed by atoms with E-state index >= 15 is 0 Å². The summed E-state index contributed by atoms with van der Waals surface area (Å²) >= 11 is 0. The van der Waals surface area contributed by atoms with E-state index in [1.807, 2.05) is 6.92 Å². The van der Waals surface area contributed by atoms with Crippen LogP contribution in [0.4, 0.5) is 18.9 Å². The van der Waals surface area contributed by atoms with Gasteiger partial charge in [0.05, 0.1) is 17.2 Å². The molecule has 6 heteroatoms. The van der Waals surface area contributed by atoms with Crippen molar-refractivity contribution in [2.24, 2.45) is 0 Å². The third-order valence-electron chi connectivity index (χ3n) is 3.66. The lowest BCUT2D eigenvalue weighted by Crippen LogP contribution is -2.29. The Bertz CT molecular complexity index is 528. The van der Waals surface area contributed by atoms with E-state index in [9.17, 15) is 13.2 Å². The highest BCUT2D eigenvalue weighted by Crippen LogP contribution is 2.36. The molecule has 1 saturated heterocycles. The molecule has 0 bridgehead atoms. The molecule has 0 aliphatic carbocycles. The summed E-state index contributed by atoms with van der Waals surface area (Å²) in [7, 11) is 0. The lowest BCUT2D eigenvalue weighted by Gasteiger charge is -2.22. The Morgan fingerprint density at radius 3 is 2.81 bits per heavy atom. The normalized spacial score (nSPS) is 20.0. The average Bonchev–Trinajstić information content (AvgIpc) is 2.90. The minimum absolute atomic E-state index is 0.0120. The highest BCUT2D eigenvalue weighted by molar-refractivity contribution is 5.56. The van der Waals surface area contributed by atoms with Crippen molar-refractivity contribution in [2.75, 3.05) is 11.9 Å². The molecule has 1 heterocycles. The van der Waals surface area contributed by atoms with E-state index in [4.69, 9.17) is 5.26 Å². The van der Waals surface area contributed by atoms with Crippen LogP contribution in [0.25, 0.3) is 0 Å². The maximum Gasteiger partial charge on any atom is 0.418 e. The zero-order valence-corrected chi connectivity index (χ0v) is 11.8. The van der Waals surface area contributed by atoms with E-state index in [0.29, 0.717) is 6.04 Å². The predicted octanol–water partition coefficient (Wildman–Crippen LogP) is 3.52. The van der Waals surface area contributed by atoms with Gasteiger partial charge in [-0.05, 0) is 50.9 Å². The molecule has 1 aliphatic rings. The molecule has 1 aliphatic heterocycles. The number of rotatable bonds is 4. The minimum Gasteiger partial charge on any atom is -0.382 e. The second-order valence-corrected chi connectivity index (χ2v) is 5.44. The average molecular weight is 297 g/mol. The topological polar surface area (TPSA) is 47.8 Å². The number of nitrogens with one attached hydrogen (secondary N) is 2. The molecule has 1 fully saturated rings. The smallest absolute Gasteiger partial charge is 0.382 e. The van der Waals surface area contributed by atoms with E-state index < -0.39 is 11.7 Å². The second-order valence-electron chi connectivity index (χ2n) is 5.44. The molecule has 0 aromatic heterocycles. The van der Waals surface area contributed by atoms with Crippen LogP contribution in [-0.4, -0.2) is 18.6 Å². The minimum atomic E-state index is -4.47. The van der Waals surface area contributed by atoms with Crippen molar-refractivity contribution in [1.82, 2.24) is 5.32 Å². The fraction of sp³-hybridized carbons (Fsp3) is 0.533. The van der Waals surface area contributed by atoms with E-state index in [1.54, 1.807) is 6.07 Å². The molecule has 21 heavy (non-hydrogen) atoms. The highest BCUT2D eigenvalue weighted by atomic mass is 19.4. The molecule has 2 N–H and O–H groups in total. The zero-order valence-electron chi connectivity index (χ0n) is 11.8. The Morgan fingerprint density at radius 2 is 2.24 bits per heavy atom. The van der Waals surface area contributed by atoms with E-state index in [-0.39, 0.29) is 17.3 Å². The highest BCUT2D eigenvalue weighted by Gasteiger charge is 2.34. The van der Waals surface area contributed by atoms with Gasteiger partial charge < -0.3 is 10.6 Å². The molecule has 0 radical (unpaired) electrons. The monoisotopic (exact) mass is 297 g/mol. The fourth-order valence-electron chi connectivity index (χ4n) is 2.68. The third-order valence-corrected chi connectivity index (χ3v) is 3.66. The fourth-order valence-corrected chi connectivity index (χ4v) is 2.68. The molecule has 2 rings (SSSR count). The van der Waals surface area contributed by atoms with Gasteiger partial charge in [-0.3, -0.25) is 0 Å². The van der Waals surface area contributed by atoms with Gasteiger partial charge in [-0.15, -0.1) is 0 Å². The first-order valence-electron chi connectivity index (χ1n) is 7.01. The van der Waals surface area contributed by atoms with Gasteiger partial charge in [0.15, 0.2) is 0 Å². The quantitative estimate of drug-likeness (QED) is 0.894. The number of hydrogen-bond acceptors (Lipinski definition) is 3. The van der Waals surface area contributed by atoms with Gasteiger partial charge in [0, 0.05) is 17.8 Å². The van der Waals surface area contributed by atoms with Crippen LogP contribution in [0, 0.1) is 11.3 Å². The Morgan fingerprint density at radius 1 is 1.48 bits per heavy atom. The number of benzene rings is 1. The molecule has 114 valence electrons. The summed E-state index contributed by atoms with van der Waals surface area (Å²) in [6.07, 6.45) is -1.52. The maximum absolute atomic E-state index is 13.1. The van der Waals surface area contributed by atoms with E-state index in [1.165, 1.54) is 12.1 Å². The Labute approximate surface area is 122 Å². The molecule has 1 aromatic rings. The third kappa shape index (κ3) is 4.11. The molecule has 0 amide bonds. The molecule has 1 aromatic carbocycles. The summed E-state index contributed by atoms with van der Waals surface area (Å²) < 4.78 is 39.2. The van der Waals surface area contributed by atoms with Gasteiger partial charge in [0.25, 0.3) is 0 Å². The van der Waals surface area contributed by atoms with Crippen LogP contribution in [0.1, 0.15) is 37.3 Å². The van der Waals surface area contributed by atoms with Crippen molar-refractivity contribution in [3.63, 3.8) is 0 Å². The number of halogens is 3. The molecule has 0 spiro atoms. The van der Waals surface area contributed by atoms with Crippen LogP contribution in [0.3, 0.4) is 0 Å². The van der Waals surface area contributed by atoms with Gasteiger partial charge in [-0.1, -0.05) is 0 Å². The number of anilines is 1. The summed E-state index contributed by atoms with van der Waals surface area (Å²) in [5, 5.41) is 15.0. The van der Waals surface area contributed by atoms with Crippen molar-refractivity contribution >= 4 is 5.69 Å². The molecule has 3 nitrogen and oxygen atoms in total. The maximum atomic E-state index is 13.1. The molecule has 0 saturated carbocycles.